The second-order valence-corrected chi connectivity index (χ2v) is 5.92. The Labute approximate surface area is 127 Å². The lowest BCUT2D eigenvalue weighted by Crippen LogP contribution is -2.53. The molecule has 1 fully saturated rings. The molecule has 0 aromatic carbocycles. The number of likely N-dealkylation sites (N-methyl/N-ethyl adjacent to an activating group) is 1. The maximum atomic E-state index is 12.2. The number of aromatic nitrogens is 2. The summed E-state index contributed by atoms with van der Waals surface area (Å²) in [6.45, 7) is 11.5. The predicted molar refractivity (Wildman–Crippen MR) is 83.2 cm³/mol. The Hall–Kier alpha value is -1.40. The first-order chi connectivity index (χ1) is 9.99. The first-order valence-electron chi connectivity index (χ1n) is 7.67. The first-order valence-corrected chi connectivity index (χ1v) is 7.67. The molecule has 1 aliphatic heterocycles. The molecule has 0 spiro atoms. The number of nitrogens with one attached hydrogen (secondary N) is 1. The summed E-state index contributed by atoms with van der Waals surface area (Å²) in [7, 11) is 2.12. The van der Waals surface area contributed by atoms with Crippen molar-refractivity contribution in [1.29, 1.82) is 0 Å². The van der Waals surface area contributed by atoms with E-state index in [1.165, 1.54) is 0 Å². The molecule has 1 aliphatic rings. The molecule has 1 aromatic heterocycles. The number of piperazine rings is 1. The highest BCUT2D eigenvalue weighted by Gasteiger charge is 2.23. The number of carbonyl (C=O) groups is 1. The lowest BCUT2D eigenvalue weighted by Gasteiger charge is -2.35. The van der Waals surface area contributed by atoms with Crippen LogP contribution in [0.3, 0.4) is 0 Å². The minimum atomic E-state index is -0.0516. The summed E-state index contributed by atoms with van der Waals surface area (Å²) in [5, 5.41) is 3.03. The van der Waals surface area contributed by atoms with Crippen LogP contribution in [0.25, 0.3) is 0 Å². The molecule has 1 amide bonds. The quantitative estimate of drug-likeness (QED) is 0.846. The summed E-state index contributed by atoms with van der Waals surface area (Å²) in [5.41, 5.74) is 2.21. The Balaban J connectivity index is 1.75. The van der Waals surface area contributed by atoms with Gasteiger partial charge in [0, 0.05) is 45.0 Å². The minimum absolute atomic E-state index is 0.0516. The molecule has 0 saturated carbocycles. The Morgan fingerprint density at radius 3 is 2.57 bits per heavy atom. The Kier molecular flexibility index (Phi) is 5.36. The molecule has 21 heavy (non-hydrogen) atoms. The third-order valence-electron chi connectivity index (χ3n) is 4.46. The highest BCUT2D eigenvalue weighted by Crippen LogP contribution is 2.05. The second kappa shape index (κ2) is 7.04. The highest BCUT2D eigenvalue weighted by molar-refractivity contribution is 5.81. The van der Waals surface area contributed by atoms with E-state index in [2.05, 4.69) is 38.6 Å². The summed E-state index contributed by atoms with van der Waals surface area (Å²) < 4.78 is 2.08. The van der Waals surface area contributed by atoms with Gasteiger partial charge in [-0.3, -0.25) is 9.69 Å². The smallest absolute Gasteiger partial charge is 0.237 e. The van der Waals surface area contributed by atoms with Crippen molar-refractivity contribution in [3.05, 3.63) is 17.7 Å². The predicted octanol–water partition coefficient (Wildman–Crippen LogP) is 0.252. The van der Waals surface area contributed by atoms with Crippen molar-refractivity contribution in [3.8, 4) is 0 Å². The zero-order valence-corrected chi connectivity index (χ0v) is 13.6. The average molecular weight is 293 g/mol. The lowest BCUT2D eigenvalue weighted by molar-refractivity contribution is -0.126. The maximum absolute atomic E-state index is 12.2. The van der Waals surface area contributed by atoms with Crippen LogP contribution in [-0.4, -0.2) is 71.1 Å². The van der Waals surface area contributed by atoms with Crippen LogP contribution in [0.15, 0.2) is 6.33 Å². The molecule has 1 N–H and O–H groups in total. The summed E-state index contributed by atoms with van der Waals surface area (Å²) in [6, 6.07) is -0.0516. The van der Waals surface area contributed by atoms with Crippen LogP contribution in [0.5, 0.6) is 0 Å². The molecule has 0 bridgehead atoms. The fraction of sp³-hybridized carbons (Fsp3) is 0.733. The fourth-order valence-electron chi connectivity index (χ4n) is 2.59. The van der Waals surface area contributed by atoms with Gasteiger partial charge in [0.15, 0.2) is 0 Å². The van der Waals surface area contributed by atoms with E-state index in [1.54, 1.807) is 0 Å². The highest BCUT2D eigenvalue weighted by atomic mass is 16.2. The molecule has 2 rings (SSSR count). The van der Waals surface area contributed by atoms with Crippen LogP contribution in [0.1, 0.15) is 18.3 Å². The summed E-state index contributed by atoms with van der Waals surface area (Å²) in [6.07, 6.45) is 1.83. The van der Waals surface area contributed by atoms with Gasteiger partial charge in [0.1, 0.15) is 0 Å². The third kappa shape index (κ3) is 4.04. The van der Waals surface area contributed by atoms with Crippen LogP contribution >= 0.6 is 0 Å². The molecule has 0 unspecified atom stereocenters. The standard InChI is InChI=1S/C15H27N5O/c1-12-13(2)20(11-17-12)6-5-16-15(21)14(3)19-9-7-18(4)8-10-19/h11,14H,5-10H2,1-4H3,(H,16,21)/t14-/m1/s1. The van der Waals surface area contributed by atoms with Gasteiger partial charge in [-0.25, -0.2) is 4.98 Å². The molecular weight excluding hydrogens is 266 g/mol. The van der Waals surface area contributed by atoms with Crippen LogP contribution in [-0.2, 0) is 11.3 Å². The number of aryl methyl sites for hydroxylation is 1. The molecular formula is C15H27N5O. The van der Waals surface area contributed by atoms with Gasteiger partial charge in [0.05, 0.1) is 18.1 Å². The minimum Gasteiger partial charge on any atom is -0.353 e. The van der Waals surface area contributed by atoms with Crippen molar-refractivity contribution < 1.29 is 4.79 Å². The first kappa shape index (κ1) is 16.0. The molecule has 6 nitrogen and oxygen atoms in total. The number of hydrogen-bond acceptors (Lipinski definition) is 4. The zero-order valence-electron chi connectivity index (χ0n) is 13.6. The Morgan fingerprint density at radius 1 is 1.33 bits per heavy atom. The van der Waals surface area contributed by atoms with Crippen molar-refractivity contribution in [2.24, 2.45) is 0 Å². The molecule has 118 valence electrons. The Bertz CT molecular complexity index is 476. The van der Waals surface area contributed by atoms with Gasteiger partial charge in [-0.15, -0.1) is 0 Å². The molecule has 2 heterocycles. The van der Waals surface area contributed by atoms with Gasteiger partial charge < -0.3 is 14.8 Å². The summed E-state index contributed by atoms with van der Waals surface area (Å²) >= 11 is 0. The van der Waals surface area contributed by atoms with Crippen LogP contribution in [0.4, 0.5) is 0 Å². The number of amides is 1. The number of hydrogen-bond donors (Lipinski definition) is 1. The molecule has 6 heteroatoms. The average Bonchev–Trinajstić information content (AvgIpc) is 2.79. The number of imidazole rings is 1. The van der Waals surface area contributed by atoms with E-state index >= 15 is 0 Å². The monoisotopic (exact) mass is 293 g/mol. The topological polar surface area (TPSA) is 53.4 Å². The lowest BCUT2D eigenvalue weighted by atomic mass is 10.2. The van der Waals surface area contributed by atoms with E-state index in [4.69, 9.17) is 0 Å². The van der Waals surface area contributed by atoms with Crippen molar-refractivity contribution >= 4 is 5.91 Å². The molecule has 0 radical (unpaired) electrons. The zero-order chi connectivity index (χ0) is 15.4. The van der Waals surface area contributed by atoms with Crippen molar-refractivity contribution in [2.75, 3.05) is 39.8 Å². The van der Waals surface area contributed by atoms with Crippen molar-refractivity contribution in [1.82, 2.24) is 24.7 Å². The van der Waals surface area contributed by atoms with Crippen molar-refractivity contribution in [2.45, 2.75) is 33.4 Å². The third-order valence-corrected chi connectivity index (χ3v) is 4.46. The Morgan fingerprint density at radius 2 is 2.00 bits per heavy atom. The fourth-order valence-corrected chi connectivity index (χ4v) is 2.59. The van der Waals surface area contributed by atoms with E-state index in [9.17, 15) is 4.79 Å². The molecule has 0 aliphatic carbocycles. The molecule has 1 atom stereocenters. The molecule has 1 aromatic rings. The number of rotatable bonds is 5. The van der Waals surface area contributed by atoms with Gasteiger partial charge in [0.2, 0.25) is 5.91 Å². The van der Waals surface area contributed by atoms with Crippen LogP contribution in [0.2, 0.25) is 0 Å². The van der Waals surface area contributed by atoms with Gasteiger partial charge in [-0.05, 0) is 27.8 Å². The van der Waals surface area contributed by atoms with Crippen molar-refractivity contribution in [3.63, 3.8) is 0 Å². The van der Waals surface area contributed by atoms with E-state index < -0.39 is 0 Å². The number of carbonyl (C=O) groups excluding carboxylic acids is 1. The van der Waals surface area contributed by atoms with Gasteiger partial charge in [-0.1, -0.05) is 0 Å². The maximum Gasteiger partial charge on any atom is 0.237 e. The summed E-state index contributed by atoms with van der Waals surface area (Å²) in [5.74, 6) is 0.119. The van der Waals surface area contributed by atoms with E-state index in [0.717, 1.165) is 44.1 Å². The SMILES string of the molecule is Cc1ncn(CCNC(=O)[C@@H](C)N2CCN(C)CC2)c1C. The summed E-state index contributed by atoms with van der Waals surface area (Å²) in [4.78, 5) is 21.0. The van der Waals surface area contributed by atoms with Gasteiger partial charge in [0.25, 0.3) is 0 Å². The second-order valence-electron chi connectivity index (χ2n) is 5.92. The van der Waals surface area contributed by atoms with Crippen LogP contribution in [0, 0.1) is 13.8 Å². The molecule has 1 saturated heterocycles. The van der Waals surface area contributed by atoms with E-state index in [-0.39, 0.29) is 11.9 Å². The van der Waals surface area contributed by atoms with Gasteiger partial charge >= 0.3 is 0 Å². The van der Waals surface area contributed by atoms with Gasteiger partial charge in [-0.2, -0.15) is 0 Å². The number of nitrogens with zero attached hydrogens (tertiary/aromatic N) is 4. The normalized spacial score (nSPS) is 18.7. The van der Waals surface area contributed by atoms with E-state index in [1.807, 2.05) is 20.2 Å². The van der Waals surface area contributed by atoms with E-state index in [0.29, 0.717) is 6.54 Å². The van der Waals surface area contributed by atoms with Crippen LogP contribution < -0.4 is 5.32 Å². The largest absolute Gasteiger partial charge is 0.353 e.